The molecule has 0 N–H and O–H groups in total. The Morgan fingerprint density at radius 3 is 3.25 bits per heavy atom. The monoisotopic (exact) mass is 166 g/mol. The van der Waals surface area contributed by atoms with Crippen LogP contribution in [-0.4, -0.2) is 22.6 Å². The van der Waals surface area contributed by atoms with Crippen molar-refractivity contribution >= 4 is 0 Å². The van der Waals surface area contributed by atoms with Gasteiger partial charge in [0.15, 0.2) is 0 Å². The van der Waals surface area contributed by atoms with E-state index >= 15 is 0 Å². The Morgan fingerprint density at radius 2 is 2.67 bits per heavy atom. The number of hydrogen-bond acceptors (Lipinski definition) is 3. The SMILES string of the molecule is CC1CCCN1Cc1ccon1. The number of aromatic nitrogens is 1. The van der Waals surface area contributed by atoms with Gasteiger partial charge >= 0.3 is 0 Å². The molecule has 1 aliphatic heterocycles. The third-order valence-electron chi connectivity index (χ3n) is 2.55. The molecule has 2 heterocycles. The van der Waals surface area contributed by atoms with Crippen molar-refractivity contribution in [3.8, 4) is 0 Å². The average Bonchev–Trinajstić information content (AvgIpc) is 2.65. The first kappa shape index (κ1) is 7.80. The molecular formula is C9H14N2O. The lowest BCUT2D eigenvalue weighted by molar-refractivity contribution is 0.251. The largest absolute Gasteiger partial charge is 0.364 e. The Balaban J connectivity index is 1.95. The van der Waals surface area contributed by atoms with Gasteiger partial charge in [-0.15, -0.1) is 0 Å². The molecule has 0 bridgehead atoms. The summed E-state index contributed by atoms with van der Waals surface area (Å²) in [6.07, 6.45) is 4.27. The second kappa shape index (κ2) is 3.27. The molecule has 1 unspecified atom stereocenters. The van der Waals surface area contributed by atoms with Crippen molar-refractivity contribution in [3.63, 3.8) is 0 Å². The number of rotatable bonds is 2. The minimum atomic E-state index is 0.710. The van der Waals surface area contributed by atoms with E-state index in [1.54, 1.807) is 6.26 Å². The molecular weight excluding hydrogens is 152 g/mol. The van der Waals surface area contributed by atoms with Crippen LogP contribution in [0.3, 0.4) is 0 Å². The van der Waals surface area contributed by atoms with Crippen molar-refractivity contribution in [2.24, 2.45) is 0 Å². The molecule has 1 atom stereocenters. The minimum absolute atomic E-state index is 0.710. The van der Waals surface area contributed by atoms with Gasteiger partial charge in [-0.3, -0.25) is 4.90 Å². The van der Waals surface area contributed by atoms with Crippen LogP contribution in [0.2, 0.25) is 0 Å². The number of nitrogens with zero attached hydrogens (tertiary/aromatic N) is 2. The molecule has 66 valence electrons. The third kappa shape index (κ3) is 1.50. The van der Waals surface area contributed by atoms with Gasteiger partial charge < -0.3 is 4.52 Å². The molecule has 1 aromatic heterocycles. The molecule has 0 spiro atoms. The Morgan fingerprint density at radius 1 is 1.75 bits per heavy atom. The lowest BCUT2D eigenvalue weighted by Crippen LogP contribution is -2.26. The fourth-order valence-electron chi connectivity index (χ4n) is 1.75. The summed E-state index contributed by atoms with van der Waals surface area (Å²) in [6, 6.07) is 2.65. The molecule has 1 aromatic rings. The van der Waals surface area contributed by atoms with Crippen molar-refractivity contribution < 1.29 is 4.52 Å². The standard InChI is InChI=1S/C9H14N2O/c1-8-3-2-5-11(8)7-9-4-6-12-10-9/h4,6,8H,2-3,5,7H2,1H3. The van der Waals surface area contributed by atoms with E-state index in [1.807, 2.05) is 6.07 Å². The fraction of sp³-hybridized carbons (Fsp3) is 0.667. The van der Waals surface area contributed by atoms with Crippen molar-refractivity contribution in [2.75, 3.05) is 6.54 Å². The lowest BCUT2D eigenvalue weighted by atomic mass is 10.2. The van der Waals surface area contributed by atoms with Crippen molar-refractivity contribution in [1.82, 2.24) is 10.1 Å². The fourth-order valence-corrected chi connectivity index (χ4v) is 1.75. The Kier molecular flexibility index (Phi) is 2.13. The maximum Gasteiger partial charge on any atom is 0.124 e. The number of hydrogen-bond donors (Lipinski definition) is 0. The van der Waals surface area contributed by atoms with Crippen molar-refractivity contribution in [2.45, 2.75) is 32.4 Å². The molecule has 1 saturated heterocycles. The maximum absolute atomic E-state index is 4.78. The predicted octanol–water partition coefficient (Wildman–Crippen LogP) is 1.66. The molecule has 2 rings (SSSR count). The maximum atomic E-state index is 4.78. The summed E-state index contributed by atoms with van der Waals surface area (Å²) in [4.78, 5) is 2.44. The zero-order valence-corrected chi connectivity index (χ0v) is 7.36. The summed E-state index contributed by atoms with van der Waals surface area (Å²) < 4.78 is 4.78. The van der Waals surface area contributed by atoms with E-state index in [0.29, 0.717) is 6.04 Å². The van der Waals surface area contributed by atoms with Crippen LogP contribution >= 0.6 is 0 Å². The highest BCUT2D eigenvalue weighted by Crippen LogP contribution is 2.18. The van der Waals surface area contributed by atoms with Crippen LogP contribution in [-0.2, 0) is 6.54 Å². The first-order chi connectivity index (χ1) is 5.86. The Labute approximate surface area is 72.3 Å². The van der Waals surface area contributed by atoms with E-state index in [0.717, 1.165) is 12.2 Å². The highest BCUT2D eigenvalue weighted by molar-refractivity contribution is 4.96. The van der Waals surface area contributed by atoms with E-state index in [9.17, 15) is 0 Å². The second-order valence-corrected chi connectivity index (χ2v) is 3.45. The molecule has 0 aliphatic carbocycles. The first-order valence-corrected chi connectivity index (χ1v) is 4.49. The molecule has 3 heteroatoms. The topological polar surface area (TPSA) is 29.3 Å². The normalized spacial score (nSPS) is 24.9. The lowest BCUT2D eigenvalue weighted by Gasteiger charge is -2.18. The number of likely N-dealkylation sites (tertiary alicyclic amines) is 1. The smallest absolute Gasteiger partial charge is 0.124 e. The van der Waals surface area contributed by atoms with Gasteiger partial charge in [-0.2, -0.15) is 0 Å². The van der Waals surface area contributed by atoms with Gasteiger partial charge in [-0.1, -0.05) is 5.16 Å². The highest BCUT2D eigenvalue weighted by Gasteiger charge is 2.20. The predicted molar refractivity (Wildman–Crippen MR) is 45.6 cm³/mol. The molecule has 0 aromatic carbocycles. The zero-order chi connectivity index (χ0) is 8.39. The van der Waals surface area contributed by atoms with Crippen LogP contribution < -0.4 is 0 Å². The molecule has 1 aliphatic rings. The molecule has 0 saturated carbocycles. The molecule has 3 nitrogen and oxygen atoms in total. The van der Waals surface area contributed by atoms with Crippen LogP contribution in [0.4, 0.5) is 0 Å². The second-order valence-electron chi connectivity index (χ2n) is 3.45. The summed E-state index contributed by atoms with van der Waals surface area (Å²) in [5.41, 5.74) is 1.05. The highest BCUT2D eigenvalue weighted by atomic mass is 16.5. The van der Waals surface area contributed by atoms with Gasteiger partial charge in [0.05, 0.1) is 5.69 Å². The van der Waals surface area contributed by atoms with Crippen molar-refractivity contribution in [3.05, 3.63) is 18.0 Å². The molecule has 0 radical (unpaired) electrons. The van der Waals surface area contributed by atoms with Gasteiger partial charge in [-0.05, 0) is 26.3 Å². The van der Waals surface area contributed by atoms with Gasteiger partial charge in [0.1, 0.15) is 6.26 Å². The third-order valence-corrected chi connectivity index (χ3v) is 2.55. The molecule has 0 amide bonds. The van der Waals surface area contributed by atoms with Gasteiger partial charge in [0.2, 0.25) is 0 Å². The molecule has 1 fully saturated rings. The Bertz CT molecular complexity index is 233. The van der Waals surface area contributed by atoms with Crippen LogP contribution in [0, 0.1) is 0 Å². The zero-order valence-electron chi connectivity index (χ0n) is 7.36. The quantitative estimate of drug-likeness (QED) is 0.669. The van der Waals surface area contributed by atoms with E-state index in [4.69, 9.17) is 4.52 Å². The van der Waals surface area contributed by atoms with Crippen LogP contribution in [0.25, 0.3) is 0 Å². The first-order valence-electron chi connectivity index (χ1n) is 4.49. The van der Waals surface area contributed by atoms with E-state index in [1.165, 1.54) is 19.4 Å². The summed E-state index contributed by atoms with van der Waals surface area (Å²) >= 11 is 0. The summed E-state index contributed by atoms with van der Waals surface area (Å²) in [5, 5.41) is 3.90. The summed E-state index contributed by atoms with van der Waals surface area (Å²) in [7, 11) is 0. The summed E-state index contributed by atoms with van der Waals surface area (Å²) in [5.74, 6) is 0. The van der Waals surface area contributed by atoms with Crippen LogP contribution in [0.1, 0.15) is 25.5 Å². The van der Waals surface area contributed by atoms with Gasteiger partial charge in [0, 0.05) is 18.7 Å². The van der Waals surface area contributed by atoms with Gasteiger partial charge in [-0.25, -0.2) is 0 Å². The van der Waals surface area contributed by atoms with E-state index < -0.39 is 0 Å². The van der Waals surface area contributed by atoms with Gasteiger partial charge in [0.25, 0.3) is 0 Å². The minimum Gasteiger partial charge on any atom is -0.364 e. The van der Waals surface area contributed by atoms with Crippen LogP contribution in [0.5, 0.6) is 0 Å². The Hall–Kier alpha value is -0.830. The molecule has 12 heavy (non-hydrogen) atoms. The van der Waals surface area contributed by atoms with E-state index in [-0.39, 0.29) is 0 Å². The summed E-state index contributed by atoms with van der Waals surface area (Å²) in [6.45, 7) is 4.42. The van der Waals surface area contributed by atoms with Crippen LogP contribution in [0.15, 0.2) is 16.9 Å². The average molecular weight is 166 g/mol. The van der Waals surface area contributed by atoms with E-state index in [2.05, 4.69) is 17.0 Å². The van der Waals surface area contributed by atoms with Crippen molar-refractivity contribution in [1.29, 1.82) is 0 Å².